The minimum Gasteiger partial charge on any atom is -0.310 e. The fourth-order valence-electron chi connectivity index (χ4n) is 2.72. The van der Waals surface area contributed by atoms with E-state index in [0.29, 0.717) is 10.8 Å². The minimum absolute atomic E-state index is 0.101. The smallest absolute Gasteiger partial charge is 0.240 e. The van der Waals surface area contributed by atoms with Gasteiger partial charge in [-0.05, 0) is 56.3 Å². The van der Waals surface area contributed by atoms with Crippen molar-refractivity contribution >= 4 is 10.0 Å². The van der Waals surface area contributed by atoms with Gasteiger partial charge in [0, 0.05) is 12.1 Å². The molecule has 1 aliphatic carbocycles. The largest absolute Gasteiger partial charge is 0.310 e. The van der Waals surface area contributed by atoms with Crippen molar-refractivity contribution in [1.82, 2.24) is 10.0 Å². The molecule has 0 spiro atoms. The molecule has 0 heterocycles. The van der Waals surface area contributed by atoms with Gasteiger partial charge in [0.2, 0.25) is 10.0 Å². The summed E-state index contributed by atoms with van der Waals surface area (Å²) >= 11 is 0. The lowest BCUT2D eigenvalue weighted by Crippen LogP contribution is -2.43. The Balaban J connectivity index is 2.08. The molecule has 1 aliphatic rings. The fraction of sp³-hybridized carbons (Fsp3) is 0.625. The quantitative estimate of drug-likeness (QED) is 0.814. The van der Waals surface area contributed by atoms with Crippen molar-refractivity contribution in [3.63, 3.8) is 0 Å². The molecule has 1 unspecified atom stereocenters. The summed E-state index contributed by atoms with van der Waals surface area (Å²) in [6.45, 7) is 7.25. The normalized spacial score (nSPS) is 23.6. The molecule has 0 bridgehead atoms. The second kappa shape index (κ2) is 6.90. The monoisotopic (exact) mass is 310 g/mol. The summed E-state index contributed by atoms with van der Waals surface area (Å²) < 4.78 is 27.6. The van der Waals surface area contributed by atoms with E-state index in [1.165, 1.54) is 0 Å². The second-order valence-corrected chi connectivity index (χ2v) is 7.86. The molecule has 1 aromatic rings. The molecule has 0 radical (unpaired) electrons. The summed E-state index contributed by atoms with van der Waals surface area (Å²) in [5, 5.41) is 3.38. The third-order valence-corrected chi connectivity index (χ3v) is 5.58. The third-order valence-electron chi connectivity index (χ3n) is 4.06. The second-order valence-electron chi connectivity index (χ2n) is 6.14. The van der Waals surface area contributed by atoms with Crippen LogP contribution in [0.3, 0.4) is 0 Å². The number of hydrogen-bond acceptors (Lipinski definition) is 3. The first-order valence-corrected chi connectivity index (χ1v) is 9.26. The molecule has 0 aliphatic heterocycles. The zero-order chi connectivity index (χ0) is 15.5. The molecule has 5 heteroatoms. The molecule has 1 fully saturated rings. The molecule has 4 nitrogen and oxygen atoms in total. The summed E-state index contributed by atoms with van der Waals surface area (Å²) in [4.78, 5) is 0.365. The number of sulfonamides is 1. The Hall–Kier alpha value is -0.910. The molecule has 0 amide bonds. The molecule has 2 rings (SSSR count). The van der Waals surface area contributed by atoms with E-state index in [-0.39, 0.29) is 12.1 Å². The Bertz CT molecular complexity index is 565. The Morgan fingerprint density at radius 2 is 2.05 bits per heavy atom. The van der Waals surface area contributed by atoms with E-state index in [9.17, 15) is 8.42 Å². The van der Waals surface area contributed by atoms with Crippen LogP contribution in [0.4, 0.5) is 0 Å². The van der Waals surface area contributed by atoms with Crippen molar-refractivity contribution < 1.29 is 8.42 Å². The SMILES string of the molecule is CCCNC(C)c1cccc(S(=O)(=O)NC2CC(C)C2)c1. The summed E-state index contributed by atoms with van der Waals surface area (Å²) in [5.41, 5.74) is 1.01. The molecular weight excluding hydrogens is 284 g/mol. The van der Waals surface area contributed by atoms with Crippen molar-refractivity contribution in [2.45, 2.75) is 57.0 Å². The minimum atomic E-state index is -3.40. The number of hydrogen-bond donors (Lipinski definition) is 2. The molecule has 0 saturated heterocycles. The van der Waals surface area contributed by atoms with Gasteiger partial charge < -0.3 is 5.32 Å². The van der Waals surface area contributed by atoms with Crippen LogP contribution in [0.1, 0.15) is 51.6 Å². The third kappa shape index (κ3) is 4.28. The van der Waals surface area contributed by atoms with Crippen LogP contribution >= 0.6 is 0 Å². The van der Waals surface area contributed by atoms with Crippen LogP contribution in [-0.2, 0) is 10.0 Å². The van der Waals surface area contributed by atoms with Crippen LogP contribution in [-0.4, -0.2) is 21.0 Å². The standard InChI is InChI=1S/C16H26N2O2S/c1-4-8-17-13(3)14-6-5-7-16(11-14)21(19,20)18-15-9-12(2)10-15/h5-7,11-13,15,17-18H,4,8-10H2,1-3H3. The molecule has 21 heavy (non-hydrogen) atoms. The highest BCUT2D eigenvalue weighted by Crippen LogP contribution is 2.28. The topological polar surface area (TPSA) is 58.2 Å². The van der Waals surface area contributed by atoms with Gasteiger partial charge in [0.1, 0.15) is 0 Å². The Labute approximate surface area is 128 Å². The van der Waals surface area contributed by atoms with Gasteiger partial charge in [-0.15, -0.1) is 0 Å². The lowest BCUT2D eigenvalue weighted by atomic mass is 9.83. The Kier molecular flexibility index (Phi) is 5.41. The summed E-state index contributed by atoms with van der Waals surface area (Å²) in [5.74, 6) is 0.627. The number of benzene rings is 1. The fourth-order valence-corrected chi connectivity index (χ4v) is 4.03. The van der Waals surface area contributed by atoms with Crippen molar-refractivity contribution in [3.8, 4) is 0 Å². The van der Waals surface area contributed by atoms with Gasteiger partial charge in [0.05, 0.1) is 4.90 Å². The van der Waals surface area contributed by atoms with E-state index in [1.54, 1.807) is 12.1 Å². The Morgan fingerprint density at radius 1 is 1.33 bits per heavy atom. The van der Waals surface area contributed by atoms with E-state index >= 15 is 0 Å². The zero-order valence-corrected chi connectivity index (χ0v) is 13.9. The van der Waals surface area contributed by atoms with E-state index in [4.69, 9.17) is 0 Å². The highest BCUT2D eigenvalue weighted by molar-refractivity contribution is 7.89. The Morgan fingerprint density at radius 3 is 2.67 bits per heavy atom. The van der Waals surface area contributed by atoms with Gasteiger partial charge >= 0.3 is 0 Å². The first kappa shape index (κ1) is 16.5. The maximum absolute atomic E-state index is 12.4. The van der Waals surface area contributed by atoms with E-state index < -0.39 is 10.0 Å². The predicted molar refractivity (Wildman–Crippen MR) is 85.7 cm³/mol. The van der Waals surface area contributed by atoms with Crippen LogP contribution in [0.15, 0.2) is 29.2 Å². The molecule has 1 aromatic carbocycles. The average molecular weight is 310 g/mol. The lowest BCUT2D eigenvalue weighted by Gasteiger charge is -2.32. The van der Waals surface area contributed by atoms with Gasteiger partial charge in [-0.25, -0.2) is 13.1 Å². The predicted octanol–water partition coefficient (Wildman–Crippen LogP) is 2.82. The summed E-state index contributed by atoms with van der Waals surface area (Å²) in [6, 6.07) is 7.49. The molecular formula is C16H26N2O2S. The van der Waals surface area contributed by atoms with E-state index in [2.05, 4.69) is 30.8 Å². The number of nitrogens with one attached hydrogen (secondary N) is 2. The van der Waals surface area contributed by atoms with Gasteiger partial charge in [-0.1, -0.05) is 26.0 Å². The maximum atomic E-state index is 12.4. The van der Waals surface area contributed by atoms with Gasteiger partial charge in [-0.3, -0.25) is 0 Å². The van der Waals surface area contributed by atoms with Crippen LogP contribution in [0.25, 0.3) is 0 Å². The van der Waals surface area contributed by atoms with Crippen LogP contribution in [0.2, 0.25) is 0 Å². The molecule has 2 N–H and O–H groups in total. The number of rotatable bonds is 7. The highest BCUT2D eigenvalue weighted by Gasteiger charge is 2.29. The van der Waals surface area contributed by atoms with Gasteiger partial charge in [0.25, 0.3) is 0 Å². The van der Waals surface area contributed by atoms with Crippen molar-refractivity contribution in [2.75, 3.05) is 6.54 Å². The van der Waals surface area contributed by atoms with E-state index in [0.717, 1.165) is 31.4 Å². The highest BCUT2D eigenvalue weighted by atomic mass is 32.2. The first-order chi connectivity index (χ1) is 9.92. The van der Waals surface area contributed by atoms with Crippen molar-refractivity contribution in [2.24, 2.45) is 5.92 Å². The summed E-state index contributed by atoms with van der Waals surface area (Å²) in [7, 11) is -3.40. The molecule has 1 atom stereocenters. The molecule has 118 valence electrons. The summed E-state index contributed by atoms with van der Waals surface area (Å²) in [6.07, 6.45) is 2.94. The zero-order valence-electron chi connectivity index (χ0n) is 13.1. The molecule has 0 aromatic heterocycles. The van der Waals surface area contributed by atoms with Crippen molar-refractivity contribution in [3.05, 3.63) is 29.8 Å². The van der Waals surface area contributed by atoms with Crippen LogP contribution in [0.5, 0.6) is 0 Å². The average Bonchev–Trinajstić information content (AvgIpc) is 2.43. The lowest BCUT2D eigenvalue weighted by molar-refractivity contribution is 0.270. The van der Waals surface area contributed by atoms with E-state index in [1.807, 2.05) is 12.1 Å². The molecule has 1 saturated carbocycles. The van der Waals surface area contributed by atoms with Gasteiger partial charge in [-0.2, -0.15) is 0 Å². The first-order valence-electron chi connectivity index (χ1n) is 7.78. The maximum Gasteiger partial charge on any atom is 0.240 e. The van der Waals surface area contributed by atoms with Crippen LogP contribution in [0, 0.1) is 5.92 Å². The van der Waals surface area contributed by atoms with Crippen molar-refractivity contribution in [1.29, 1.82) is 0 Å². The van der Waals surface area contributed by atoms with Gasteiger partial charge in [0.15, 0.2) is 0 Å². The van der Waals surface area contributed by atoms with Crippen LogP contribution < -0.4 is 10.0 Å².